The third-order valence-electron chi connectivity index (χ3n) is 3.73. The number of aromatic nitrogens is 2. The standard InChI is InChI=1S/C18H23ClN4O2/c1-12(24)22(5)11-17(25)20-16-10-15(18(2,3)4)21-23(16)14-8-6-13(19)7-9-14/h6-10H,11H2,1-5H3,(H,20,25). The van der Waals surface area contributed by atoms with Gasteiger partial charge in [0.2, 0.25) is 11.8 Å². The van der Waals surface area contributed by atoms with Crippen LogP contribution in [0.2, 0.25) is 5.02 Å². The monoisotopic (exact) mass is 362 g/mol. The van der Waals surface area contributed by atoms with E-state index in [1.807, 2.05) is 18.2 Å². The molecule has 1 aromatic carbocycles. The van der Waals surface area contributed by atoms with Crippen molar-refractivity contribution < 1.29 is 9.59 Å². The van der Waals surface area contributed by atoms with Crippen molar-refractivity contribution in [3.05, 3.63) is 41.0 Å². The first-order valence-electron chi connectivity index (χ1n) is 7.96. The third kappa shape index (κ3) is 4.82. The number of amides is 2. The van der Waals surface area contributed by atoms with Crippen LogP contribution in [0, 0.1) is 0 Å². The van der Waals surface area contributed by atoms with Gasteiger partial charge in [0.1, 0.15) is 5.82 Å². The first kappa shape index (κ1) is 19.0. The average molecular weight is 363 g/mol. The van der Waals surface area contributed by atoms with Crippen LogP contribution in [0.3, 0.4) is 0 Å². The molecule has 25 heavy (non-hydrogen) atoms. The lowest BCUT2D eigenvalue weighted by Crippen LogP contribution is -2.33. The lowest BCUT2D eigenvalue weighted by atomic mass is 9.92. The predicted molar refractivity (Wildman–Crippen MR) is 99.2 cm³/mol. The molecule has 0 saturated heterocycles. The van der Waals surface area contributed by atoms with Crippen molar-refractivity contribution in [1.29, 1.82) is 0 Å². The number of carbonyl (C=O) groups is 2. The molecule has 0 aliphatic carbocycles. The Morgan fingerprint density at radius 2 is 1.84 bits per heavy atom. The smallest absolute Gasteiger partial charge is 0.245 e. The highest BCUT2D eigenvalue weighted by Crippen LogP contribution is 2.26. The molecule has 0 unspecified atom stereocenters. The molecule has 0 bridgehead atoms. The summed E-state index contributed by atoms with van der Waals surface area (Å²) in [4.78, 5) is 24.9. The molecule has 0 aliphatic heterocycles. The number of nitrogens with zero attached hydrogens (tertiary/aromatic N) is 3. The Hall–Kier alpha value is -2.34. The van der Waals surface area contributed by atoms with Crippen molar-refractivity contribution in [1.82, 2.24) is 14.7 Å². The summed E-state index contributed by atoms with van der Waals surface area (Å²) in [5.41, 5.74) is 1.46. The molecular formula is C18H23ClN4O2. The second-order valence-electron chi connectivity index (χ2n) is 6.98. The fourth-order valence-electron chi connectivity index (χ4n) is 2.12. The molecule has 0 spiro atoms. The van der Waals surface area contributed by atoms with Crippen molar-refractivity contribution in [2.24, 2.45) is 0 Å². The van der Waals surface area contributed by atoms with E-state index in [2.05, 4.69) is 31.2 Å². The molecule has 0 aliphatic rings. The van der Waals surface area contributed by atoms with Gasteiger partial charge in [0.15, 0.2) is 0 Å². The summed E-state index contributed by atoms with van der Waals surface area (Å²) in [5, 5.41) is 8.09. The van der Waals surface area contributed by atoms with Crippen LogP contribution in [0.25, 0.3) is 5.69 Å². The van der Waals surface area contributed by atoms with Gasteiger partial charge in [0, 0.05) is 30.5 Å². The molecule has 0 radical (unpaired) electrons. The summed E-state index contributed by atoms with van der Waals surface area (Å²) in [6.45, 7) is 7.55. The van der Waals surface area contributed by atoms with Gasteiger partial charge in [-0.2, -0.15) is 5.10 Å². The highest BCUT2D eigenvalue weighted by Gasteiger charge is 2.22. The van der Waals surface area contributed by atoms with Crippen LogP contribution in [0.4, 0.5) is 5.82 Å². The quantitative estimate of drug-likeness (QED) is 0.907. The molecule has 1 heterocycles. The van der Waals surface area contributed by atoms with E-state index in [9.17, 15) is 9.59 Å². The van der Waals surface area contributed by atoms with E-state index >= 15 is 0 Å². The number of nitrogens with one attached hydrogen (secondary N) is 1. The maximum absolute atomic E-state index is 12.3. The van der Waals surface area contributed by atoms with Gasteiger partial charge >= 0.3 is 0 Å². The van der Waals surface area contributed by atoms with E-state index in [1.54, 1.807) is 23.9 Å². The zero-order chi connectivity index (χ0) is 18.8. The maximum atomic E-state index is 12.3. The number of benzene rings is 1. The topological polar surface area (TPSA) is 67.2 Å². The normalized spacial score (nSPS) is 11.3. The van der Waals surface area contributed by atoms with Gasteiger partial charge in [0.25, 0.3) is 0 Å². The highest BCUT2D eigenvalue weighted by atomic mass is 35.5. The molecule has 1 aromatic heterocycles. The number of carbonyl (C=O) groups excluding carboxylic acids is 2. The van der Waals surface area contributed by atoms with Crippen molar-refractivity contribution in [2.75, 3.05) is 18.9 Å². The summed E-state index contributed by atoms with van der Waals surface area (Å²) >= 11 is 5.95. The summed E-state index contributed by atoms with van der Waals surface area (Å²) in [6.07, 6.45) is 0. The molecule has 0 atom stereocenters. The summed E-state index contributed by atoms with van der Waals surface area (Å²) in [7, 11) is 1.58. The second-order valence-corrected chi connectivity index (χ2v) is 7.41. The maximum Gasteiger partial charge on any atom is 0.245 e. The van der Waals surface area contributed by atoms with Gasteiger partial charge in [-0.05, 0) is 24.3 Å². The minimum atomic E-state index is -0.284. The zero-order valence-corrected chi connectivity index (χ0v) is 15.9. The van der Waals surface area contributed by atoms with Crippen LogP contribution in [0.5, 0.6) is 0 Å². The van der Waals surface area contributed by atoms with Crippen LogP contribution in [0.15, 0.2) is 30.3 Å². The number of halogens is 1. The Kier molecular flexibility index (Phi) is 5.52. The third-order valence-corrected chi connectivity index (χ3v) is 3.99. The van der Waals surface area contributed by atoms with Gasteiger partial charge in [-0.3, -0.25) is 9.59 Å². The lowest BCUT2D eigenvalue weighted by molar-refractivity contribution is -0.131. The van der Waals surface area contributed by atoms with Gasteiger partial charge < -0.3 is 10.2 Å². The van der Waals surface area contributed by atoms with E-state index in [1.165, 1.54) is 11.8 Å². The molecule has 1 N–H and O–H groups in total. The Labute approximate surface area is 152 Å². The molecule has 0 fully saturated rings. The Morgan fingerprint density at radius 3 is 2.36 bits per heavy atom. The number of rotatable bonds is 4. The molecule has 134 valence electrons. The molecule has 2 amide bonds. The van der Waals surface area contributed by atoms with E-state index in [0.29, 0.717) is 10.8 Å². The molecular weight excluding hydrogens is 340 g/mol. The lowest BCUT2D eigenvalue weighted by Gasteiger charge is -2.15. The highest BCUT2D eigenvalue weighted by molar-refractivity contribution is 6.30. The molecule has 0 saturated carbocycles. The Bertz CT molecular complexity index is 775. The van der Waals surface area contributed by atoms with Gasteiger partial charge in [0.05, 0.1) is 17.9 Å². The average Bonchev–Trinajstić information content (AvgIpc) is 2.91. The molecule has 6 nitrogen and oxygen atoms in total. The SMILES string of the molecule is CC(=O)N(C)CC(=O)Nc1cc(C(C)(C)C)nn1-c1ccc(Cl)cc1. The first-order chi connectivity index (χ1) is 11.6. The van der Waals surface area contributed by atoms with Gasteiger partial charge in [-0.1, -0.05) is 32.4 Å². The summed E-state index contributed by atoms with van der Waals surface area (Å²) in [6, 6.07) is 9.05. The number of likely N-dealkylation sites (N-methyl/N-ethyl adjacent to an activating group) is 1. The fraction of sp³-hybridized carbons (Fsp3) is 0.389. The minimum absolute atomic E-state index is 0.0218. The summed E-state index contributed by atoms with van der Waals surface area (Å²) in [5.74, 6) is 0.0965. The number of anilines is 1. The second kappa shape index (κ2) is 7.27. The van der Waals surface area contributed by atoms with Crippen LogP contribution in [-0.4, -0.2) is 40.1 Å². The fourth-order valence-corrected chi connectivity index (χ4v) is 2.25. The van der Waals surface area contributed by atoms with Crippen LogP contribution >= 0.6 is 11.6 Å². The number of hydrogen-bond donors (Lipinski definition) is 1. The molecule has 7 heteroatoms. The van der Waals surface area contributed by atoms with Crippen LogP contribution in [-0.2, 0) is 15.0 Å². The van der Waals surface area contributed by atoms with E-state index in [4.69, 9.17) is 11.6 Å². The number of hydrogen-bond acceptors (Lipinski definition) is 3. The van der Waals surface area contributed by atoms with E-state index < -0.39 is 0 Å². The van der Waals surface area contributed by atoms with Crippen LogP contribution < -0.4 is 5.32 Å². The minimum Gasteiger partial charge on any atom is -0.337 e. The van der Waals surface area contributed by atoms with Gasteiger partial charge in [-0.15, -0.1) is 0 Å². The Morgan fingerprint density at radius 1 is 1.24 bits per heavy atom. The zero-order valence-electron chi connectivity index (χ0n) is 15.1. The molecule has 2 rings (SSSR count). The van der Waals surface area contributed by atoms with Gasteiger partial charge in [-0.25, -0.2) is 4.68 Å². The largest absolute Gasteiger partial charge is 0.337 e. The van der Waals surface area contributed by atoms with Crippen molar-refractivity contribution in [3.63, 3.8) is 0 Å². The van der Waals surface area contributed by atoms with Crippen molar-refractivity contribution >= 4 is 29.2 Å². The van der Waals surface area contributed by atoms with E-state index in [0.717, 1.165) is 11.4 Å². The Balaban J connectivity index is 2.35. The molecule has 2 aromatic rings. The first-order valence-corrected chi connectivity index (χ1v) is 8.34. The summed E-state index contributed by atoms with van der Waals surface area (Å²) < 4.78 is 1.67. The van der Waals surface area contributed by atoms with Crippen molar-refractivity contribution in [3.8, 4) is 5.69 Å². The van der Waals surface area contributed by atoms with Crippen molar-refractivity contribution in [2.45, 2.75) is 33.1 Å². The van der Waals surface area contributed by atoms with E-state index in [-0.39, 0.29) is 23.8 Å². The predicted octanol–water partition coefficient (Wildman–Crippen LogP) is 3.24. The van der Waals surface area contributed by atoms with Crippen LogP contribution in [0.1, 0.15) is 33.4 Å².